The first-order valence-electron chi connectivity index (χ1n) is 6.63. The second-order valence-electron chi connectivity index (χ2n) is 5.18. The van der Waals surface area contributed by atoms with Gasteiger partial charge in [-0.15, -0.1) is 0 Å². The van der Waals surface area contributed by atoms with Gasteiger partial charge in [-0.25, -0.2) is 0 Å². The number of aliphatic carboxylic acids is 1. The maximum absolute atomic E-state index is 11.7. The molecule has 0 aromatic carbocycles. The van der Waals surface area contributed by atoms with E-state index in [0.29, 0.717) is 0 Å². The number of hydrogen-bond acceptors (Lipinski definition) is 7. The van der Waals surface area contributed by atoms with Crippen molar-refractivity contribution in [2.75, 3.05) is 6.61 Å². The van der Waals surface area contributed by atoms with Crippen molar-refractivity contribution in [1.29, 1.82) is 0 Å². The largest absolute Gasteiger partial charge is 1.00 e. The average molecular weight is 325 g/mol. The number of amides is 1. The van der Waals surface area contributed by atoms with Gasteiger partial charge in [0.15, 0.2) is 0 Å². The molecule has 4 N–H and O–H groups in total. The molecule has 4 unspecified atom stereocenters. The molecule has 0 fully saturated rings. The third-order valence-corrected chi connectivity index (χ3v) is 3.19. The Morgan fingerprint density at radius 3 is 2.50 bits per heavy atom. The van der Waals surface area contributed by atoms with Crippen LogP contribution in [0.2, 0.25) is 0 Å². The van der Waals surface area contributed by atoms with Crippen LogP contribution in [0.15, 0.2) is 11.8 Å². The van der Waals surface area contributed by atoms with Crippen molar-refractivity contribution in [2.45, 2.75) is 44.6 Å². The Balaban J connectivity index is 0.00000441. The predicted molar refractivity (Wildman–Crippen MR) is 68.4 cm³/mol. The third kappa shape index (κ3) is 5.53. The number of ether oxygens (including phenoxy) is 1. The van der Waals surface area contributed by atoms with Gasteiger partial charge in [0.05, 0.1) is 12.6 Å². The molecule has 0 saturated heterocycles. The van der Waals surface area contributed by atoms with Gasteiger partial charge >= 0.3 is 29.6 Å². The number of hydrogen-bond donors (Lipinski definition) is 4. The second kappa shape index (κ2) is 9.49. The summed E-state index contributed by atoms with van der Waals surface area (Å²) in [5.41, 5.74) is 0. The van der Waals surface area contributed by atoms with Crippen LogP contribution in [0.25, 0.3) is 0 Å². The fourth-order valence-corrected chi connectivity index (χ4v) is 1.90. The predicted octanol–water partition coefficient (Wildman–Crippen LogP) is -5.73. The van der Waals surface area contributed by atoms with Gasteiger partial charge in [-0.2, -0.15) is 0 Å². The Bertz CT molecular complexity index is 427. The Labute approximate surface area is 150 Å². The van der Waals surface area contributed by atoms with E-state index in [9.17, 15) is 24.9 Å². The van der Waals surface area contributed by atoms with Crippen LogP contribution in [0.3, 0.4) is 0 Å². The molecule has 0 aromatic heterocycles. The molecule has 1 amide bonds. The normalized spacial score (nSPS) is 23.6. The van der Waals surface area contributed by atoms with Crippen LogP contribution in [0.5, 0.6) is 0 Å². The molecule has 8 nitrogen and oxygen atoms in total. The van der Waals surface area contributed by atoms with Gasteiger partial charge in [-0.3, -0.25) is 4.79 Å². The summed E-state index contributed by atoms with van der Waals surface area (Å²) in [4.78, 5) is 22.5. The van der Waals surface area contributed by atoms with Crippen molar-refractivity contribution in [1.82, 2.24) is 5.32 Å². The van der Waals surface area contributed by atoms with Crippen LogP contribution < -0.4 is 40.0 Å². The smallest absolute Gasteiger partial charge is 0.542 e. The van der Waals surface area contributed by atoms with Crippen LogP contribution in [0.1, 0.15) is 20.3 Å². The molecule has 0 aromatic rings. The molecule has 1 rings (SSSR count). The molecule has 120 valence electrons. The number of nitrogens with one attached hydrogen (secondary N) is 1. The maximum atomic E-state index is 11.7. The SMILES string of the molecule is CC(C)C(=O)NC1CC=C(C(=O)[O-])OC1C(O)C(O)CO.[Na+]. The minimum atomic E-state index is -1.56. The molecule has 1 aliphatic heterocycles. The van der Waals surface area contributed by atoms with E-state index in [1.807, 2.05) is 0 Å². The molecule has 0 aliphatic carbocycles. The molecule has 0 radical (unpaired) electrons. The summed E-state index contributed by atoms with van der Waals surface area (Å²) < 4.78 is 5.09. The number of carbonyl (C=O) groups is 2. The fourth-order valence-electron chi connectivity index (χ4n) is 1.90. The second-order valence-corrected chi connectivity index (χ2v) is 5.18. The zero-order chi connectivity index (χ0) is 16.2. The number of carbonyl (C=O) groups excluding carboxylic acids is 2. The van der Waals surface area contributed by atoms with Crippen LogP contribution in [0, 0.1) is 5.92 Å². The zero-order valence-electron chi connectivity index (χ0n) is 12.9. The standard InChI is InChI=1S/C13H21NO7.Na/c1-6(2)12(18)14-7-3-4-9(13(19)20)21-11(7)10(17)8(16)5-15;/h4,6-8,10-11,15-17H,3,5H2,1-2H3,(H,14,18)(H,19,20);/q;+1/p-1. The topological polar surface area (TPSA) is 139 Å². The molecule has 4 atom stereocenters. The van der Waals surface area contributed by atoms with E-state index in [1.54, 1.807) is 13.8 Å². The Kier molecular flexibility index (Phi) is 9.21. The van der Waals surface area contributed by atoms with E-state index in [4.69, 9.17) is 9.84 Å². The molecule has 1 aliphatic rings. The summed E-state index contributed by atoms with van der Waals surface area (Å²) in [5, 5.41) is 41.7. The van der Waals surface area contributed by atoms with Gasteiger partial charge < -0.3 is 35.3 Å². The van der Waals surface area contributed by atoms with E-state index in [2.05, 4.69) is 5.32 Å². The molecule has 0 saturated carbocycles. The fraction of sp³-hybridized carbons (Fsp3) is 0.692. The summed E-state index contributed by atoms with van der Waals surface area (Å²) in [6.07, 6.45) is -2.95. The van der Waals surface area contributed by atoms with Crippen LogP contribution in [-0.4, -0.2) is 58.2 Å². The number of carboxylic acid groups (broad SMARTS) is 1. The quantitative estimate of drug-likeness (QED) is 0.357. The van der Waals surface area contributed by atoms with Crippen molar-refractivity contribution >= 4 is 11.9 Å². The van der Waals surface area contributed by atoms with E-state index in [0.717, 1.165) is 0 Å². The monoisotopic (exact) mass is 325 g/mol. The average Bonchev–Trinajstić information content (AvgIpc) is 2.45. The number of aliphatic hydroxyl groups is 3. The summed E-state index contributed by atoms with van der Waals surface area (Å²) in [6, 6.07) is -0.723. The Morgan fingerprint density at radius 1 is 1.45 bits per heavy atom. The van der Waals surface area contributed by atoms with Crippen molar-refractivity contribution in [3.63, 3.8) is 0 Å². The third-order valence-electron chi connectivity index (χ3n) is 3.19. The van der Waals surface area contributed by atoms with Crippen LogP contribution in [-0.2, 0) is 14.3 Å². The van der Waals surface area contributed by atoms with Crippen molar-refractivity contribution < 1.29 is 64.3 Å². The van der Waals surface area contributed by atoms with Crippen LogP contribution in [0.4, 0.5) is 0 Å². The van der Waals surface area contributed by atoms with E-state index < -0.39 is 42.7 Å². The van der Waals surface area contributed by atoms with Gasteiger partial charge in [0.1, 0.15) is 30.0 Å². The molecule has 1 heterocycles. The molecule has 0 bridgehead atoms. The number of carboxylic acids is 1. The molecule has 9 heteroatoms. The zero-order valence-corrected chi connectivity index (χ0v) is 14.9. The van der Waals surface area contributed by atoms with Gasteiger partial charge in [0, 0.05) is 5.92 Å². The van der Waals surface area contributed by atoms with Gasteiger partial charge in [-0.05, 0) is 12.5 Å². The Morgan fingerprint density at radius 2 is 2.05 bits per heavy atom. The molecular formula is C13H20NNaO7. The van der Waals surface area contributed by atoms with Crippen LogP contribution >= 0.6 is 0 Å². The van der Waals surface area contributed by atoms with E-state index in [1.165, 1.54) is 6.08 Å². The first-order chi connectivity index (χ1) is 9.77. The summed E-state index contributed by atoms with van der Waals surface area (Å²) in [5.74, 6) is -2.64. The minimum absolute atomic E-state index is 0. The van der Waals surface area contributed by atoms with Crippen molar-refractivity contribution in [2.24, 2.45) is 5.92 Å². The summed E-state index contributed by atoms with van der Waals surface area (Å²) >= 11 is 0. The van der Waals surface area contributed by atoms with Gasteiger partial charge in [0.2, 0.25) is 5.91 Å². The molecule has 22 heavy (non-hydrogen) atoms. The summed E-state index contributed by atoms with van der Waals surface area (Å²) in [7, 11) is 0. The van der Waals surface area contributed by atoms with Gasteiger partial charge in [-0.1, -0.05) is 13.8 Å². The summed E-state index contributed by atoms with van der Waals surface area (Å²) in [6.45, 7) is 2.63. The number of rotatable bonds is 6. The van der Waals surface area contributed by atoms with Gasteiger partial charge in [0.25, 0.3) is 0 Å². The van der Waals surface area contributed by atoms with Crippen molar-refractivity contribution in [3.05, 3.63) is 11.8 Å². The molecular weight excluding hydrogens is 305 g/mol. The Hall–Kier alpha value is -0.640. The molecule has 0 spiro atoms. The first-order valence-corrected chi connectivity index (χ1v) is 6.63. The van der Waals surface area contributed by atoms with E-state index in [-0.39, 0.29) is 47.8 Å². The van der Waals surface area contributed by atoms with Crippen molar-refractivity contribution in [3.8, 4) is 0 Å². The maximum Gasteiger partial charge on any atom is 1.00 e. The first kappa shape index (κ1) is 21.4. The number of aliphatic hydroxyl groups excluding tert-OH is 3. The minimum Gasteiger partial charge on any atom is -0.542 e. The van der Waals surface area contributed by atoms with E-state index >= 15 is 0 Å².